The molecule has 0 spiro atoms. The molecular formula is C13H18BrNO. The second-order valence-corrected chi connectivity index (χ2v) is 5.68. The van der Waals surface area contributed by atoms with Crippen LogP contribution in [0.25, 0.3) is 0 Å². The monoisotopic (exact) mass is 283 g/mol. The van der Waals surface area contributed by atoms with Crippen molar-refractivity contribution >= 4 is 15.9 Å². The minimum absolute atomic E-state index is 0.189. The highest BCUT2D eigenvalue weighted by Crippen LogP contribution is 2.42. The summed E-state index contributed by atoms with van der Waals surface area (Å²) in [6.07, 6.45) is 4.50. The lowest BCUT2D eigenvalue weighted by Gasteiger charge is -2.27. The predicted octanol–water partition coefficient (Wildman–Crippen LogP) is 3.50. The Labute approximate surface area is 105 Å². The summed E-state index contributed by atoms with van der Waals surface area (Å²) in [6.45, 7) is 3.94. The fourth-order valence-electron chi connectivity index (χ4n) is 2.65. The number of nitrogens with two attached hydrogens (primary N) is 1. The summed E-state index contributed by atoms with van der Waals surface area (Å²) in [6, 6.07) is 2.04. The zero-order valence-corrected chi connectivity index (χ0v) is 11.4. The van der Waals surface area contributed by atoms with E-state index in [9.17, 15) is 5.11 Å². The maximum absolute atomic E-state index is 9.85. The second-order valence-electron chi connectivity index (χ2n) is 4.89. The van der Waals surface area contributed by atoms with Crippen LogP contribution < -0.4 is 5.73 Å². The van der Waals surface area contributed by atoms with Crippen LogP contribution in [0.1, 0.15) is 42.4 Å². The van der Waals surface area contributed by atoms with Gasteiger partial charge in [0, 0.05) is 5.54 Å². The van der Waals surface area contributed by atoms with Gasteiger partial charge in [0.15, 0.2) is 0 Å². The standard InChI is InChI=1S/C13H18BrNO/c1-8-7-10(9(2)11(14)12(8)16)13(15)5-3-4-6-13/h7,16H,3-6,15H2,1-2H3. The summed E-state index contributed by atoms with van der Waals surface area (Å²) in [5, 5.41) is 9.85. The van der Waals surface area contributed by atoms with E-state index in [1.807, 2.05) is 19.9 Å². The molecule has 1 aliphatic rings. The average molecular weight is 284 g/mol. The van der Waals surface area contributed by atoms with Gasteiger partial charge in [-0.2, -0.15) is 0 Å². The van der Waals surface area contributed by atoms with E-state index in [4.69, 9.17) is 5.73 Å². The third kappa shape index (κ3) is 1.76. The summed E-state index contributed by atoms with van der Waals surface area (Å²) in [5.74, 6) is 0.336. The maximum atomic E-state index is 9.85. The molecule has 0 aromatic heterocycles. The zero-order chi connectivity index (χ0) is 11.9. The van der Waals surface area contributed by atoms with Crippen molar-refractivity contribution in [2.75, 3.05) is 0 Å². The minimum Gasteiger partial charge on any atom is -0.506 e. The summed E-state index contributed by atoms with van der Waals surface area (Å²) < 4.78 is 0.791. The third-order valence-corrected chi connectivity index (χ3v) is 4.68. The smallest absolute Gasteiger partial charge is 0.132 e. The van der Waals surface area contributed by atoms with Crippen LogP contribution >= 0.6 is 15.9 Å². The van der Waals surface area contributed by atoms with Crippen molar-refractivity contribution in [1.82, 2.24) is 0 Å². The van der Waals surface area contributed by atoms with Crippen LogP contribution in [0.15, 0.2) is 10.5 Å². The molecule has 0 atom stereocenters. The van der Waals surface area contributed by atoms with Gasteiger partial charge in [-0.05, 0) is 59.3 Å². The molecule has 0 aliphatic heterocycles. The van der Waals surface area contributed by atoms with Crippen molar-refractivity contribution in [3.05, 3.63) is 27.2 Å². The number of hydrogen-bond acceptors (Lipinski definition) is 2. The summed E-state index contributed by atoms with van der Waals surface area (Å²) >= 11 is 3.45. The van der Waals surface area contributed by atoms with Crippen LogP contribution in [0.5, 0.6) is 5.75 Å². The molecule has 0 heterocycles. The molecule has 3 N–H and O–H groups in total. The van der Waals surface area contributed by atoms with Gasteiger partial charge in [-0.3, -0.25) is 0 Å². The van der Waals surface area contributed by atoms with Gasteiger partial charge >= 0.3 is 0 Å². The molecule has 0 saturated heterocycles. The Kier molecular flexibility index (Phi) is 3.01. The number of phenols is 1. The van der Waals surface area contributed by atoms with E-state index >= 15 is 0 Å². The number of aromatic hydroxyl groups is 1. The zero-order valence-electron chi connectivity index (χ0n) is 9.81. The lowest BCUT2D eigenvalue weighted by molar-refractivity contribution is 0.448. The number of halogens is 1. The molecule has 16 heavy (non-hydrogen) atoms. The first-order chi connectivity index (χ1) is 7.46. The topological polar surface area (TPSA) is 46.2 Å². The SMILES string of the molecule is Cc1cc(C2(N)CCCC2)c(C)c(Br)c1O. The first-order valence-corrected chi connectivity index (χ1v) is 6.53. The Morgan fingerprint density at radius 2 is 1.88 bits per heavy atom. The third-order valence-electron chi connectivity index (χ3n) is 3.71. The van der Waals surface area contributed by atoms with Crippen molar-refractivity contribution < 1.29 is 5.11 Å². The lowest BCUT2D eigenvalue weighted by Crippen LogP contribution is -2.34. The van der Waals surface area contributed by atoms with Gasteiger partial charge in [-0.1, -0.05) is 18.9 Å². The predicted molar refractivity (Wildman–Crippen MR) is 69.6 cm³/mol. The molecule has 3 heteroatoms. The Morgan fingerprint density at radius 1 is 1.31 bits per heavy atom. The summed E-state index contributed by atoms with van der Waals surface area (Å²) in [7, 11) is 0. The summed E-state index contributed by atoms with van der Waals surface area (Å²) in [4.78, 5) is 0. The molecule has 1 aliphatic carbocycles. The minimum atomic E-state index is -0.189. The Balaban J connectivity index is 2.57. The van der Waals surface area contributed by atoms with Crippen molar-refractivity contribution in [2.24, 2.45) is 5.73 Å². The van der Waals surface area contributed by atoms with E-state index in [0.717, 1.165) is 28.4 Å². The van der Waals surface area contributed by atoms with Gasteiger partial charge in [0.05, 0.1) is 4.47 Å². The molecule has 1 aromatic rings. The molecule has 88 valence electrons. The number of phenolic OH excluding ortho intramolecular Hbond substituents is 1. The van der Waals surface area contributed by atoms with Gasteiger partial charge < -0.3 is 10.8 Å². The van der Waals surface area contributed by atoms with E-state index in [-0.39, 0.29) is 5.54 Å². The van der Waals surface area contributed by atoms with E-state index in [0.29, 0.717) is 5.75 Å². The fourth-order valence-corrected chi connectivity index (χ4v) is 3.18. The molecule has 0 amide bonds. The number of benzene rings is 1. The molecule has 1 fully saturated rings. The number of rotatable bonds is 1. The van der Waals surface area contributed by atoms with Crippen LogP contribution in [0.3, 0.4) is 0 Å². The fraction of sp³-hybridized carbons (Fsp3) is 0.538. The first-order valence-electron chi connectivity index (χ1n) is 5.74. The largest absolute Gasteiger partial charge is 0.506 e. The van der Waals surface area contributed by atoms with E-state index < -0.39 is 0 Å². The van der Waals surface area contributed by atoms with Crippen LogP contribution in [0.4, 0.5) is 0 Å². The molecule has 0 radical (unpaired) electrons. The molecule has 2 rings (SSSR count). The van der Waals surface area contributed by atoms with Gasteiger partial charge in [-0.15, -0.1) is 0 Å². The number of hydrogen-bond donors (Lipinski definition) is 2. The molecule has 1 saturated carbocycles. The quantitative estimate of drug-likeness (QED) is 0.829. The molecule has 2 nitrogen and oxygen atoms in total. The van der Waals surface area contributed by atoms with Crippen LogP contribution in [-0.2, 0) is 5.54 Å². The van der Waals surface area contributed by atoms with Crippen LogP contribution in [0.2, 0.25) is 0 Å². The van der Waals surface area contributed by atoms with Gasteiger partial charge in [0.1, 0.15) is 5.75 Å². The van der Waals surface area contributed by atoms with Crippen molar-refractivity contribution in [1.29, 1.82) is 0 Å². The molecule has 1 aromatic carbocycles. The number of aryl methyl sites for hydroxylation is 1. The molecule has 0 bridgehead atoms. The van der Waals surface area contributed by atoms with Crippen molar-refractivity contribution in [3.8, 4) is 5.75 Å². The Hall–Kier alpha value is -0.540. The summed E-state index contributed by atoms with van der Waals surface area (Å²) in [5.41, 5.74) is 9.43. The van der Waals surface area contributed by atoms with E-state index in [2.05, 4.69) is 15.9 Å². The normalized spacial score (nSPS) is 19.0. The highest BCUT2D eigenvalue weighted by Gasteiger charge is 2.33. The van der Waals surface area contributed by atoms with Gasteiger partial charge in [0.2, 0.25) is 0 Å². The lowest BCUT2D eigenvalue weighted by atomic mass is 9.85. The maximum Gasteiger partial charge on any atom is 0.132 e. The van der Waals surface area contributed by atoms with Crippen molar-refractivity contribution in [3.63, 3.8) is 0 Å². The van der Waals surface area contributed by atoms with E-state index in [1.54, 1.807) is 0 Å². The molecular weight excluding hydrogens is 266 g/mol. The molecule has 0 unspecified atom stereocenters. The van der Waals surface area contributed by atoms with Crippen LogP contribution in [-0.4, -0.2) is 5.11 Å². The Bertz CT molecular complexity index is 422. The Morgan fingerprint density at radius 3 is 2.44 bits per heavy atom. The van der Waals surface area contributed by atoms with E-state index in [1.165, 1.54) is 18.4 Å². The van der Waals surface area contributed by atoms with Crippen molar-refractivity contribution in [2.45, 2.75) is 45.1 Å². The van der Waals surface area contributed by atoms with Gasteiger partial charge in [0.25, 0.3) is 0 Å². The first kappa shape index (κ1) is 11.9. The highest BCUT2D eigenvalue weighted by molar-refractivity contribution is 9.10. The van der Waals surface area contributed by atoms with Gasteiger partial charge in [-0.25, -0.2) is 0 Å². The average Bonchev–Trinajstić information content (AvgIpc) is 2.68. The van der Waals surface area contributed by atoms with Crippen LogP contribution in [0, 0.1) is 13.8 Å². The second kappa shape index (κ2) is 4.04. The highest BCUT2D eigenvalue weighted by atomic mass is 79.9.